The number of rotatable bonds is 2. The Bertz CT molecular complexity index is 975. The van der Waals surface area contributed by atoms with Crippen molar-refractivity contribution in [1.29, 1.82) is 0 Å². The summed E-state index contributed by atoms with van der Waals surface area (Å²) in [5.41, 5.74) is 5.25. The second-order valence-corrected chi connectivity index (χ2v) is 7.14. The summed E-state index contributed by atoms with van der Waals surface area (Å²) >= 11 is 0. The molecule has 0 saturated carbocycles. The predicted octanol–water partition coefficient (Wildman–Crippen LogP) is 3.33. The molecule has 1 N–H and O–H groups in total. The molecule has 2 heterocycles. The normalized spacial score (nSPS) is 19.6. The lowest BCUT2D eigenvalue weighted by atomic mass is 9.77. The van der Waals surface area contributed by atoms with E-state index in [0.29, 0.717) is 5.69 Å². The van der Waals surface area contributed by atoms with Crippen LogP contribution < -0.4 is 5.32 Å². The van der Waals surface area contributed by atoms with Crippen LogP contribution in [-0.4, -0.2) is 20.5 Å². The van der Waals surface area contributed by atoms with Crippen molar-refractivity contribution in [3.05, 3.63) is 64.6 Å². The van der Waals surface area contributed by atoms with Gasteiger partial charge in [-0.25, -0.2) is 9.50 Å². The Morgan fingerprint density at radius 1 is 1.28 bits per heavy atom. The number of aryl methyl sites for hydroxylation is 3. The lowest BCUT2D eigenvalue weighted by Gasteiger charge is -2.36. The molecule has 128 valence electrons. The molecule has 0 saturated heterocycles. The Morgan fingerprint density at radius 2 is 2.08 bits per heavy atom. The minimum Gasteiger partial charge on any atom is -0.341 e. The Hall–Kier alpha value is -2.69. The van der Waals surface area contributed by atoms with Crippen LogP contribution in [0.5, 0.6) is 0 Å². The van der Waals surface area contributed by atoms with Gasteiger partial charge in [-0.3, -0.25) is 4.79 Å². The highest BCUT2D eigenvalue weighted by Gasteiger charge is 2.34. The number of aromatic nitrogens is 3. The molecule has 1 atom stereocenters. The predicted molar refractivity (Wildman–Crippen MR) is 96.7 cm³/mol. The Labute approximate surface area is 147 Å². The second kappa shape index (κ2) is 5.69. The van der Waals surface area contributed by atoms with Crippen LogP contribution in [0.15, 0.2) is 36.5 Å². The summed E-state index contributed by atoms with van der Waals surface area (Å²) in [7, 11) is 0. The third kappa shape index (κ3) is 2.60. The number of benzene rings is 1. The average Bonchev–Trinajstić information content (AvgIpc) is 2.99. The van der Waals surface area contributed by atoms with Crippen molar-refractivity contribution in [2.45, 2.75) is 45.6 Å². The molecule has 0 bridgehead atoms. The van der Waals surface area contributed by atoms with E-state index in [1.165, 1.54) is 11.1 Å². The number of imidazole rings is 1. The van der Waals surface area contributed by atoms with Gasteiger partial charge in [-0.1, -0.05) is 24.3 Å². The molecule has 1 aliphatic carbocycles. The van der Waals surface area contributed by atoms with Crippen LogP contribution in [0.1, 0.15) is 52.6 Å². The molecule has 0 fully saturated rings. The van der Waals surface area contributed by atoms with Crippen LogP contribution in [0.4, 0.5) is 0 Å². The Kier molecular flexibility index (Phi) is 3.60. The van der Waals surface area contributed by atoms with E-state index in [-0.39, 0.29) is 11.4 Å². The van der Waals surface area contributed by atoms with E-state index in [4.69, 9.17) is 0 Å². The van der Waals surface area contributed by atoms with Crippen LogP contribution in [0, 0.1) is 13.8 Å². The highest BCUT2D eigenvalue weighted by molar-refractivity contribution is 5.93. The van der Waals surface area contributed by atoms with Gasteiger partial charge in [0, 0.05) is 0 Å². The molecule has 0 radical (unpaired) electrons. The van der Waals surface area contributed by atoms with Gasteiger partial charge >= 0.3 is 0 Å². The number of carbonyl (C=O) groups is 1. The van der Waals surface area contributed by atoms with Crippen molar-refractivity contribution in [2.24, 2.45) is 0 Å². The zero-order chi connectivity index (χ0) is 17.6. The topological polar surface area (TPSA) is 59.3 Å². The van der Waals surface area contributed by atoms with Crippen LogP contribution in [0.3, 0.4) is 0 Å². The van der Waals surface area contributed by atoms with Crippen molar-refractivity contribution in [3.8, 4) is 0 Å². The summed E-state index contributed by atoms with van der Waals surface area (Å²) in [6.45, 7) is 6.01. The van der Waals surface area contributed by atoms with Gasteiger partial charge in [0.05, 0.1) is 17.4 Å². The molecule has 2 aromatic heterocycles. The van der Waals surface area contributed by atoms with E-state index in [2.05, 4.69) is 40.5 Å². The summed E-state index contributed by atoms with van der Waals surface area (Å²) in [6.07, 6.45) is 4.68. The first-order valence-electron chi connectivity index (χ1n) is 8.71. The van der Waals surface area contributed by atoms with Gasteiger partial charge in [0.1, 0.15) is 0 Å². The van der Waals surface area contributed by atoms with Crippen molar-refractivity contribution in [1.82, 2.24) is 19.9 Å². The summed E-state index contributed by atoms with van der Waals surface area (Å²) in [5.74, 6) is -0.135. The third-order valence-electron chi connectivity index (χ3n) is 5.13. The molecule has 0 aliphatic heterocycles. The maximum atomic E-state index is 13.0. The molecule has 0 spiro atoms. The molecular formula is C20H22N4O. The average molecular weight is 334 g/mol. The van der Waals surface area contributed by atoms with E-state index < -0.39 is 0 Å². The molecule has 1 aliphatic rings. The van der Waals surface area contributed by atoms with Gasteiger partial charge in [-0.05, 0) is 62.8 Å². The first kappa shape index (κ1) is 15.8. The maximum Gasteiger partial charge on any atom is 0.272 e. The molecule has 5 heteroatoms. The van der Waals surface area contributed by atoms with Crippen LogP contribution in [0.25, 0.3) is 5.65 Å². The molecule has 3 aromatic rings. The van der Waals surface area contributed by atoms with Crippen LogP contribution in [0.2, 0.25) is 0 Å². The van der Waals surface area contributed by atoms with E-state index in [9.17, 15) is 4.79 Å². The van der Waals surface area contributed by atoms with Crippen molar-refractivity contribution < 1.29 is 4.79 Å². The molecule has 1 unspecified atom stereocenters. The van der Waals surface area contributed by atoms with Crippen molar-refractivity contribution in [2.75, 3.05) is 0 Å². The van der Waals surface area contributed by atoms with Crippen molar-refractivity contribution >= 4 is 11.6 Å². The highest BCUT2D eigenvalue weighted by Crippen LogP contribution is 2.35. The number of carbonyl (C=O) groups excluding carboxylic acids is 1. The van der Waals surface area contributed by atoms with Gasteiger partial charge in [-0.15, -0.1) is 0 Å². The van der Waals surface area contributed by atoms with E-state index in [1.807, 2.05) is 26.0 Å². The van der Waals surface area contributed by atoms with Gasteiger partial charge in [0.15, 0.2) is 11.3 Å². The molecule has 25 heavy (non-hydrogen) atoms. The number of hydrogen-bond donors (Lipinski definition) is 1. The maximum absolute atomic E-state index is 13.0. The summed E-state index contributed by atoms with van der Waals surface area (Å²) in [4.78, 5) is 17.4. The fraction of sp³-hybridized carbons (Fsp3) is 0.350. The first-order chi connectivity index (χ1) is 12.0. The van der Waals surface area contributed by atoms with Gasteiger partial charge in [0.2, 0.25) is 0 Å². The lowest BCUT2D eigenvalue weighted by molar-refractivity contribution is 0.0887. The molecule has 5 nitrogen and oxygen atoms in total. The fourth-order valence-corrected chi connectivity index (χ4v) is 3.92. The number of hydrogen-bond acceptors (Lipinski definition) is 3. The van der Waals surface area contributed by atoms with E-state index in [0.717, 1.165) is 36.2 Å². The molecule has 1 amide bonds. The van der Waals surface area contributed by atoms with E-state index in [1.54, 1.807) is 10.7 Å². The number of nitrogens with one attached hydrogen (secondary N) is 1. The Morgan fingerprint density at radius 3 is 2.92 bits per heavy atom. The second-order valence-electron chi connectivity index (χ2n) is 7.14. The van der Waals surface area contributed by atoms with Gasteiger partial charge in [-0.2, -0.15) is 5.10 Å². The summed E-state index contributed by atoms with van der Waals surface area (Å²) in [6, 6.07) is 10.4. The molecular weight excluding hydrogens is 312 g/mol. The minimum atomic E-state index is -0.366. The number of fused-ring (bicyclic) bond motifs is 2. The summed E-state index contributed by atoms with van der Waals surface area (Å²) < 4.78 is 1.65. The smallest absolute Gasteiger partial charge is 0.272 e. The van der Waals surface area contributed by atoms with E-state index >= 15 is 0 Å². The SMILES string of the molecule is Cc1cc(C)c2ncc(C(=O)NC3(C)CCCc4ccccc43)n2n1. The Balaban J connectivity index is 1.72. The first-order valence-corrected chi connectivity index (χ1v) is 8.71. The fourth-order valence-electron chi connectivity index (χ4n) is 3.92. The standard InChI is InChI=1S/C20H22N4O/c1-13-11-14(2)23-24-17(12-21-18(13)24)19(25)22-20(3)10-6-8-15-7-4-5-9-16(15)20/h4-5,7,9,11-12H,6,8,10H2,1-3H3,(H,22,25). The van der Waals surface area contributed by atoms with Crippen LogP contribution >= 0.6 is 0 Å². The lowest BCUT2D eigenvalue weighted by Crippen LogP contribution is -2.46. The number of amides is 1. The highest BCUT2D eigenvalue weighted by atomic mass is 16.2. The van der Waals surface area contributed by atoms with Gasteiger partial charge in [0.25, 0.3) is 5.91 Å². The molecule has 4 rings (SSSR count). The minimum absolute atomic E-state index is 0.135. The van der Waals surface area contributed by atoms with Crippen molar-refractivity contribution in [3.63, 3.8) is 0 Å². The zero-order valence-corrected chi connectivity index (χ0v) is 14.8. The van der Waals surface area contributed by atoms with Gasteiger partial charge < -0.3 is 5.32 Å². The monoisotopic (exact) mass is 334 g/mol. The van der Waals surface area contributed by atoms with Crippen LogP contribution in [-0.2, 0) is 12.0 Å². The largest absolute Gasteiger partial charge is 0.341 e. The number of nitrogens with zero attached hydrogens (tertiary/aromatic N) is 3. The molecule has 1 aromatic carbocycles. The zero-order valence-electron chi connectivity index (χ0n) is 14.8. The summed E-state index contributed by atoms with van der Waals surface area (Å²) in [5, 5.41) is 7.72. The third-order valence-corrected chi connectivity index (χ3v) is 5.13. The quantitative estimate of drug-likeness (QED) is 0.782.